The highest BCUT2D eigenvalue weighted by Gasteiger charge is 2.13. The number of hydrogen-bond acceptors (Lipinski definition) is 4. The Morgan fingerprint density at radius 2 is 2.22 bits per heavy atom. The Labute approximate surface area is 109 Å². The average Bonchev–Trinajstić information content (AvgIpc) is 2.39. The molecule has 18 heavy (non-hydrogen) atoms. The molecule has 0 saturated heterocycles. The maximum absolute atomic E-state index is 12.9. The van der Waals surface area contributed by atoms with Crippen LogP contribution in [0.5, 0.6) is 0 Å². The van der Waals surface area contributed by atoms with E-state index in [1.807, 2.05) is 0 Å². The molecule has 1 atom stereocenters. The number of hydrogen-bond donors (Lipinski definition) is 2. The van der Waals surface area contributed by atoms with E-state index in [4.69, 9.17) is 17.4 Å². The van der Waals surface area contributed by atoms with Crippen molar-refractivity contribution in [3.63, 3.8) is 0 Å². The molecular formula is C12H12ClFN4. The van der Waals surface area contributed by atoms with Gasteiger partial charge in [0, 0.05) is 11.2 Å². The SMILES string of the molecule is NNC(Cc1ccc(F)cc1Cl)c1ccncn1. The lowest BCUT2D eigenvalue weighted by atomic mass is 10.0. The van der Waals surface area contributed by atoms with Crippen LogP contribution in [-0.2, 0) is 6.42 Å². The Kier molecular flexibility index (Phi) is 4.19. The molecule has 0 fully saturated rings. The predicted octanol–water partition coefficient (Wildman–Crippen LogP) is 2.02. The lowest BCUT2D eigenvalue weighted by molar-refractivity contribution is 0.536. The smallest absolute Gasteiger partial charge is 0.124 e. The minimum atomic E-state index is -0.358. The zero-order valence-corrected chi connectivity index (χ0v) is 10.2. The summed E-state index contributed by atoms with van der Waals surface area (Å²) >= 11 is 5.98. The number of nitrogens with two attached hydrogens (primary N) is 1. The van der Waals surface area contributed by atoms with Gasteiger partial charge in [0.05, 0.1) is 11.7 Å². The second-order valence-corrected chi connectivity index (χ2v) is 4.20. The largest absolute Gasteiger partial charge is 0.271 e. The van der Waals surface area contributed by atoms with Gasteiger partial charge in [-0.15, -0.1) is 0 Å². The third kappa shape index (κ3) is 3.01. The normalized spacial score (nSPS) is 12.4. The molecule has 0 saturated carbocycles. The minimum absolute atomic E-state index is 0.198. The highest BCUT2D eigenvalue weighted by molar-refractivity contribution is 6.31. The number of aromatic nitrogens is 2. The van der Waals surface area contributed by atoms with Gasteiger partial charge in [0.1, 0.15) is 12.1 Å². The number of nitrogens with one attached hydrogen (secondary N) is 1. The van der Waals surface area contributed by atoms with E-state index in [0.717, 1.165) is 11.3 Å². The van der Waals surface area contributed by atoms with Gasteiger partial charge >= 0.3 is 0 Å². The molecule has 1 aromatic carbocycles. The van der Waals surface area contributed by atoms with E-state index in [9.17, 15) is 4.39 Å². The van der Waals surface area contributed by atoms with Crippen molar-refractivity contribution < 1.29 is 4.39 Å². The molecule has 0 amide bonds. The van der Waals surface area contributed by atoms with Gasteiger partial charge in [-0.2, -0.15) is 0 Å². The molecule has 6 heteroatoms. The average molecular weight is 267 g/mol. The number of rotatable bonds is 4. The lowest BCUT2D eigenvalue weighted by Crippen LogP contribution is -2.30. The van der Waals surface area contributed by atoms with Gasteiger partial charge in [-0.3, -0.25) is 11.3 Å². The monoisotopic (exact) mass is 266 g/mol. The van der Waals surface area contributed by atoms with Crippen LogP contribution in [0.1, 0.15) is 17.3 Å². The van der Waals surface area contributed by atoms with Gasteiger partial charge in [0.25, 0.3) is 0 Å². The molecular weight excluding hydrogens is 255 g/mol. The van der Waals surface area contributed by atoms with E-state index in [0.29, 0.717) is 11.4 Å². The Hall–Kier alpha value is -1.56. The van der Waals surface area contributed by atoms with Crippen LogP contribution in [-0.4, -0.2) is 9.97 Å². The fourth-order valence-electron chi connectivity index (χ4n) is 1.66. The number of hydrazine groups is 1. The first-order valence-corrected chi connectivity index (χ1v) is 5.74. The molecule has 0 aliphatic carbocycles. The highest BCUT2D eigenvalue weighted by Crippen LogP contribution is 2.22. The summed E-state index contributed by atoms with van der Waals surface area (Å²) in [5.41, 5.74) is 4.23. The Morgan fingerprint density at radius 1 is 1.39 bits per heavy atom. The van der Waals surface area contributed by atoms with E-state index in [2.05, 4.69) is 15.4 Å². The summed E-state index contributed by atoms with van der Waals surface area (Å²) in [5.74, 6) is 5.15. The zero-order chi connectivity index (χ0) is 13.0. The molecule has 0 bridgehead atoms. The first-order chi connectivity index (χ1) is 8.70. The Balaban J connectivity index is 2.21. The second kappa shape index (κ2) is 5.86. The molecule has 94 valence electrons. The van der Waals surface area contributed by atoms with Crippen LogP contribution in [0.15, 0.2) is 36.8 Å². The summed E-state index contributed by atoms with van der Waals surface area (Å²) in [4.78, 5) is 7.97. The second-order valence-electron chi connectivity index (χ2n) is 3.79. The van der Waals surface area contributed by atoms with Gasteiger partial charge < -0.3 is 0 Å². The highest BCUT2D eigenvalue weighted by atomic mass is 35.5. The fourth-order valence-corrected chi connectivity index (χ4v) is 1.91. The Bertz CT molecular complexity index is 521. The van der Waals surface area contributed by atoms with Crippen LogP contribution in [0, 0.1) is 5.82 Å². The summed E-state index contributed by atoms with van der Waals surface area (Å²) < 4.78 is 12.9. The molecule has 0 spiro atoms. The van der Waals surface area contributed by atoms with E-state index >= 15 is 0 Å². The third-order valence-electron chi connectivity index (χ3n) is 2.60. The van der Waals surface area contributed by atoms with Gasteiger partial charge in [-0.1, -0.05) is 17.7 Å². The van der Waals surface area contributed by atoms with Crippen molar-refractivity contribution in [1.82, 2.24) is 15.4 Å². The molecule has 3 N–H and O–H groups in total. The van der Waals surface area contributed by atoms with Crippen molar-refractivity contribution in [3.05, 3.63) is 58.9 Å². The lowest BCUT2D eigenvalue weighted by Gasteiger charge is -2.15. The van der Waals surface area contributed by atoms with Crippen molar-refractivity contribution in [2.24, 2.45) is 5.84 Å². The molecule has 1 aromatic heterocycles. The number of halogens is 2. The van der Waals surface area contributed by atoms with Gasteiger partial charge in [-0.05, 0) is 30.2 Å². The molecule has 0 aliphatic rings. The van der Waals surface area contributed by atoms with Crippen LogP contribution in [0.4, 0.5) is 4.39 Å². The topological polar surface area (TPSA) is 63.8 Å². The summed E-state index contributed by atoms with van der Waals surface area (Å²) in [6, 6.07) is 5.86. The molecule has 1 heterocycles. The van der Waals surface area contributed by atoms with Crippen LogP contribution in [0.2, 0.25) is 5.02 Å². The first-order valence-electron chi connectivity index (χ1n) is 5.36. The maximum atomic E-state index is 12.9. The van der Waals surface area contributed by atoms with Crippen LogP contribution < -0.4 is 11.3 Å². The summed E-state index contributed by atoms with van der Waals surface area (Å²) in [5, 5.41) is 0.379. The minimum Gasteiger partial charge on any atom is -0.271 e. The fraction of sp³-hybridized carbons (Fsp3) is 0.167. The van der Waals surface area contributed by atoms with E-state index < -0.39 is 0 Å². The molecule has 0 radical (unpaired) electrons. The predicted molar refractivity (Wildman–Crippen MR) is 67.2 cm³/mol. The maximum Gasteiger partial charge on any atom is 0.124 e. The zero-order valence-electron chi connectivity index (χ0n) is 9.48. The quantitative estimate of drug-likeness (QED) is 0.656. The molecule has 2 rings (SSSR count). The van der Waals surface area contributed by atoms with Crippen LogP contribution in [0.3, 0.4) is 0 Å². The van der Waals surface area contributed by atoms with Crippen molar-refractivity contribution in [2.75, 3.05) is 0 Å². The summed E-state index contributed by atoms with van der Waals surface area (Å²) in [7, 11) is 0. The van der Waals surface area contributed by atoms with Gasteiger partial charge in [0.2, 0.25) is 0 Å². The van der Waals surface area contributed by atoms with Gasteiger partial charge in [-0.25, -0.2) is 14.4 Å². The van der Waals surface area contributed by atoms with Crippen molar-refractivity contribution >= 4 is 11.6 Å². The number of benzene rings is 1. The summed E-state index contributed by atoms with van der Waals surface area (Å²) in [6.45, 7) is 0. The molecule has 2 aromatic rings. The Morgan fingerprint density at radius 3 is 2.83 bits per heavy atom. The van der Waals surface area contributed by atoms with E-state index in [1.165, 1.54) is 18.5 Å². The first kappa shape index (κ1) is 12.9. The van der Waals surface area contributed by atoms with E-state index in [-0.39, 0.29) is 11.9 Å². The molecule has 4 nitrogen and oxygen atoms in total. The van der Waals surface area contributed by atoms with Crippen molar-refractivity contribution in [2.45, 2.75) is 12.5 Å². The molecule has 0 aliphatic heterocycles. The van der Waals surface area contributed by atoms with E-state index in [1.54, 1.807) is 18.3 Å². The van der Waals surface area contributed by atoms with Crippen molar-refractivity contribution in [3.8, 4) is 0 Å². The van der Waals surface area contributed by atoms with Crippen LogP contribution >= 0.6 is 11.6 Å². The molecule has 1 unspecified atom stereocenters. The third-order valence-corrected chi connectivity index (χ3v) is 2.95. The van der Waals surface area contributed by atoms with Gasteiger partial charge in [0.15, 0.2) is 0 Å². The van der Waals surface area contributed by atoms with Crippen molar-refractivity contribution in [1.29, 1.82) is 0 Å². The van der Waals surface area contributed by atoms with Crippen LogP contribution in [0.25, 0.3) is 0 Å². The standard InChI is InChI=1S/C12H12ClFN4/c13-10-6-9(14)2-1-8(10)5-12(18-15)11-3-4-16-7-17-11/h1-4,6-7,12,18H,5,15H2. The summed E-state index contributed by atoms with van der Waals surface area (Å²) in [6.07, 6.45) is 3.61. The number of nitrogens with zero attached hydrogens (tertiary/aromatic N) is 2.